The summed E-state index contributed by atoms with van der Waals surface area (Å²) >= 11 is 0. The largest absolute Gasteiger partial charge is 0.392 e. The van der Waals surface area contributed by atoms with Crippen molar-refractivity contribution in [2.45, 2.75) is 45.3 Å². The maximum Gasteiger partial charge on any atom is 0.144 e. The Bertz CT molecular complexity index is 478. The van der Waals surface area contributed by atoms with Gasteiger partial charge in [0.15, 0.2) is 0 Å². The molecule has 3 aliphatic rings. The van der Waals surface area contributed by atoms with Crippen LogP contribution >= 0.6 is 0 Å². The lowest BCUT2D eigenvalue weighted by molar-refractivity contribution is -0.178. The summed E-state index contributed by atoms with van der Waals surface area (Å²) in [4.78, 5) is 12.6. The number of ether oxygens (including phenoxy) is 1. The van der Waals surface area contributed by atoms with Crippen LogP contribution in [0.2, 0.25) is 0 Å². The average molecular weight is 262 g/mol. The van der Waals surface area contributed by atoms with E-state index in [2.05, 4.69) is 13.0 Å². The maximum atomic E-state index is 12.6. The van der Waals surface area contributed by atoms with Crippen molar-refractivity contribution < 1.29 is 14.6 Å². The number of rotatable bonds is 0. The fourth-order valence-electron chi connectivity index (χ4n) is 4.12. The van der Waals surface area contributed by atoms with E-state index in [1.165, 1.54) is 0 Å². The molecule has 104 valence electrons. The first-order valence-corrected chi connectivity index (χ1v) is 7.15. The Morgan fingerprint density at radius 2 is 2.16 bits per heavy atom. The van der Waals surface area contributed by atoms with Crippen LogP contribution in [0.25, 0.3) is 0 Å². The summed E-state index contributed by atoms with van der Waals surface area (Å²) in [6.45, 7) is 6.53. The van der Waals surface area contributed by atoms with Crippen LogP contribution in [-0.2, 0) is 9.53 Å². The molecule has 0 aromatic carbocycles. The van der Waals surface area contributed by atoms with E-state index < -0.39 is 17.1 Å². The molecular formula is C16H22O3. The lowest BCUT2D eigenvalue weighted by Gasteiger charge is -2.55. The van der Waals surface area contributed by atoms with Crippen molar-refractivity contribution in [1.29, 1.82) is 0 Å². The van der Waals surface area contributed by atoms with Gasteiger partial charge in [0.25, 0.3) is 0 Å². The van der Waals surface area contributed by atoms with Gasteiger partial charge in [-0.05, 0) is 31.8 Å². The third kappa shape index (κ3) is 1.61. The van der Waals surface area contributed by atoms with Gasteiger partial charge in [-0.25, -0.2) is 0 Å². The predicted molar refractivity (Wildman–Crippen MR) is 72.6 cm³/mol. The first-order chi connectivity index (χ1) is 8.88. The topological polar surface area (TPSA) is 46.5 Å². The second-order valence-electron chi connectivity index (χ2n) is 6.59. The molecule has 3 heteroatoms. The summed E-state index contributed by atoms with van der Waals surface area (Å²) in [6.07, 6.45) is 6.96. The van der Waals surface area contributed by atoms with Gasteiger partial charge < -0.3 is 9.84 Å². The predicted octanol–water partition coefficient (Wildman–Crippen LogP) is 2.25. The molecule has 0 spiro atoms. The van der Waals surface area contributed by atoms with E-state index in [-0.39, 0.29) is 11.7 Å². The summed E-state index contributed by atoms with van der Waals surface area (Å²) in [5, 5.41) is 10.5. The molecule has 0 radical (unpaired) electrons. The average Bonchev–Trinajstić information content (AvgIpc) is 2.32. The Morgan fingerprint density at radius 1 is 1.42 bits per heavy atom. The van der Waals surface area contributed by atoms with Crippen LogP contribution < -0.4 is 0 Å². The molecule has 19 heavy (non-hydrogen) atoms. The minimum absolute atomic E-state index is 0.133. The molecule has 1 fully saturated rings. The van der Waals surface area contributed by atoms with Crippen molar-refractivity contribution in [3.8, 4) is 0 Å². The first-order valence-electron chi connectivity index (χ1n) is 7.15. The number of ketones is 1. The second-order valence-corrected chi connectivity index (χ2v) is 6.59. The molecule has 1 heterocycles. The third-order valence-corrected chi connectivity index (χ3v) is 5.39. The van der Waals surface area contributed by atoms with Crippen LogP contribution in [0.15, 0.2) is 23.8 Å². The van der Waals surface area contributed by atoms with Crippen molar-refractivity contribution in [2.75, 3.05) is 6.61 Å². The summed E-state index contributed by atoms with van der Waals surface area (Å²) < 4.78 is 5.92. The van der Waals surface area contributed by atoms with E-state index in [1.807, 2.05) is 26.0 Å². The molecule has 5 atom stereocenters. The summed E-state index contributed by atoms with van der Waals surface area (Å²) in [6, 6.07) is 0. The maximum absolute atomic E-state index is 12.6. The molecule has 0 amide bonds. The zero-order chi connectivity index (χ0) is 13.8. The third-order valence-electron chi connectivity index (χ3n) is 5.39. The highest BCUT2D eigenvalue weighted by molar-refractivity contribution is 5.88. The quantitative estimate of drug-likeness (QED) is 0.728. The monoisotopic (exact) mass is 262 g/mol. The molecule has 1 aliphatic heterocycles. The normalized spacial score (nSPS) is 49.4. The zero-order valence-electron chi connectivity index (χ0n) is 11.8. The Morgan fingerprint density at radius 3 is 2.89 bits per heavy atom. The lowest BCUT2D eigenvalue weighted by atomic mass is 9.53. The van der Waals surface area contributed by atoms with Gasteiger partial charge in [-0.15, -0.1) is 0 Å². The molecule has 3 rings (SSSR count). The number of carbonyl (C=O) groups excluding carboxylic acids is 1. The van der Waals surface area contributed by atoms with Gasteiger partial charge in [-0.2, -0.15) is 0 Å². The van der Waals surface area contributed by atoms with Crippen LogP contribution in [0.3, 0.4) is 0 Å². The van der Waals surface area contributed by atoms with E-state index in [9.17, 15) is 9.90 Å². The summed E-state index contributed by atoms with van der Waals surface area (Å²) in [5.74, 6) is 0.445. The number of aliphatic hydroxyl groups excluding tert-OH is 1. The SMILES string of the molecule is C[C@@H]1C=C2C=C[C@]3(C)OCCC(=O)[C@]3(C)[C@H]2[C@@H](O)C1. The van der Waals surface area contributed by atoms with Gasteiger partial charge in [0.05, 0.1) is 23.7 Å². The number of hydrogen-bond acceptors (Lipinski definition) is 3. The molecule has 0 bridgehead atoms. The van der Waals surface area contributed by atoms with Crippen molar-refractivity contribution in [1.82, 2.24) is 0 Å². The van der Waals surface area contributed by atoms with Crippen molar-refractivity contribution in [3.63, 3.8) is 0 Å². The molecule has 2 aliphatic carbocycles. The van der Waals surface area contributed by atoms with E-state index >= 15 is 0 Å². The molecule has 0 aromatic heterocycles. The van der Waals surface area contributed by atoms with Crippen molar-refractivity contribution in [2.24, 2.45) is 17.3 Å². The van der Waals surface area contributed by atoms with E-state index in [4.69, 9.17) is 4.74 Å². The number of fused-ring (bicyclic) bond motifs is 3. The van der Waals surface area contributed by atoms with Gasteiger partial charge in [-0.1, -0.05) is 25.2 Å². The fourth-order valence-corrected chi connectivity index (χ4v) is 4.12. The zero-order valence-corrected chi connectivity index (χ0v) is 11.8. The second kappa shape index (κ2) is 4.03. The molecular weight excluding hydrogens is 240 g/mol. The Labute approximate surface area is 114 Å². The number of aliphatic hydroxyl groups is 1. The minimum atomic E-state index is -0.647. The molecule has 0 aromatic rings. The van der Waals surface area contributed by atoms with Gasteiger partial charge in [0.2, 0.25) is 0 Å². The molecule has 0 unspecified atom stereocenters. The highest BCUT2D eigenvalue weighted by Gasteiger charge is 2.60. The van der Waals surface area contributed by atoms with E-state index in [0.29, 0.717) is 18.9 Å². The van der Waals surface area contributed by atoms with Gasteiger partial charge in [0, 0.05) is 12.3 Å². The van der Waals surface area contributed by atoms with Gasteiger partial charge >= 0.3 is 0 Å². The Balaban J connectivity index is 2.16. The van der Waals surface area contributed by atoms with Gasteiger partial charge in [0.1, 0.15) is 5.78 Å². The molecule has 1 saturated heterocycles. The van der Waals surface area contributed by atoms with Gasteiger partial charge in [-0.3, -0.25) is 4.79 Å². The van der Waals surface area contributed by atoms with Crippen LogP contribution in [-0.4, -0.2) is 29.2 Å². The standard InChI is InChI=1S/C16H22O3/c1-10-8-11-4-6-15(2)16(3,13(18)5-7-19-15)14(11)12(17)9-10/h4,6,8,10,12,14,17H,5,7,9H2,1-3H3/t10-,12+,14-,15+,16-/m1/s1. The number of allylic oxidation sites excluding steroid dienone is 2. The first kappa shape index (κ1) is 13.1. The fraction of sp³-hybridized carbons (Fsp3) is 0.688. The van der Waals surface area contributed by atoms with Crippen molar-refractivity contribution in [3.05, 3.63) is 23.8 Å². The number of carbonyl (C=O) groups is 1. The minimum Gasteiger partial charge on any atom is -0.392 e. The lowest BCUT2D eigenvalue weighted by Crippen LogP contribution is -2.62. The Kier molecular flexibility index (Phi) is 2.77. The van der Waals surface area contributed by atoms with Crippen LogP contribution in [0.1, 0.15) is 33.6 Å². The summed E-state index contributed by atoms with van der Waals surface area (Å²) in [5.41, 5.74) is -0.137. The molecule has 0 saturated carbocycles. The number of hydrogen-bond donors (Lipinski definition) is 1. The van der Waals surface area contributed by atoms with Crippen LogP contribution in [0.5, 0.6) is 0 Å². The summed E-state index contributed by atoms with van der Waals surface area (Å²) in [7, 11) is 0. The highest BCUT2D eigenvalue weighted by Crippen LogP contribution is 2.55. The Hall–Kier alpha value is -0.930. The molecule has 1 N–H and O–H groups in total. The smallest absolute Gasteiger partial charge is 0.144 e. The van der Waals surface area contributed by atoms with E-state index in [0.717, 1.165) is 12.0 Å². The van der Waals surface area contributed by atoms with E-state index in [1.54, 1.807) is 0 Å². The van der Waals surface area contributed by atoms with Crippen LogP contribution in [0.4, 0.5) is 0 Å². The number of Topliss-reactive ketones (excluding diaryl/α,β-unsaturated/α-hetero) is 1. The van der Waals surface area contributed by atoms with Crippen molar-refractivity contribution >= 4 is 5.78 Å². The molecule has 3 nitrogen and oxygen atoms in total. The highest BCUT2D eigenvalue weighted by atomic mass is 16.5. The van der Waals surface area contributed by atoms with Crippen LogP contribution in [0, 0.1) is 17.3 Å².